The van der Waals surface area contributed by atoms with Gasteiger partial charge in [-0.1, -0.05) is 20.8 Å². The molecule has 21 heavy (non-hydrogen) atoms. The summed E-state index contributed by atoms with van der Waals surface area (Å²) in [6.45, 7) is 7.64. The van der Waals surface area contributed by atoms with Gasteiger partial charge in [0, 0.05) is 32.0 Å². The molecule has 1 fully saturated rings. The molecule has 2 rings (SSSR count). The summed E-state index contributed by atoms with van der Waals surface area (Å²) in [5.74, 6) is 0.563. The van der Waals surface area contributed by atoms with Gasteiger partial charge in [-0.2, -0.15) is 4.31 Å². The third kappa shape index (κ3) is 3.33. The fraction of sp³-hybridized carbons (Fsp3) is 0.733. The number of aromatic nitrogens is 1. The third-order valence-corrected chi connectivity index (χ3v) is 6.43. The molecule has 0 amide bonds. The lowest BCUT2D eigenvalue weighted by Crippen LogP contribution is -2.41. The van der Waals surface area contributed by atoms with Gasteiger partial charge in [0.05, 0.1) is 6.61 Å². The molecule has 1 aliphatic heterocycles. The monoisotopic (exact) mass is 314 g/mol. The molecule has 120 valence electrons. The second kappa shape index (κ2) is 5.74. The highest BCUT2D eigenvalue weighted by Crippen LogP contribution is 2.35. The van der Waals surface area contributed by atoms with E-state index in [9.17, 15) is 13.5 Å². The van der Waals surface area contributed by atoms with E-state index in [4.69, 9.17) is 0 Å². The van der Waals surface area contributed by atoms with E-state index in [2.05, 4.69) is 20.8 Å². The van der Waals surface area contributed by atoms with Gasteiger partial charge in [-0.3, -0.25) is 0 Å². The highest BCUT2D eigenvalue weighted by Gasteiger charge is 2.34. The van der Waals surface area contributed by atoms with Crippen LogP contribution in [0.4, 0.5) is 0 Å². The molecule has 6 heteroatoms. The highest BCUT2D eigenvalue weighted by molar-refractivity contribution is 7.89. The van der Waals surface area contributed by atoms with E-state index in [0.717, 1.165) is 12.8 Å². The molecule has 1 aliphatic rings. The number of aliphatic hydroxyl groups excluding tert-OH is 1. The molecule has 2 heterocycles. The first-order valence-corrected chi connectivity index (χ1v) is 8.86. The Morgan fingerprint density at radius 1 is 1.29 bits per heavy atom. The van der Waals surface area contributed by atoms with Crippen LogP contribution in [0.25, 0.3) is 0 Å². The summed E-state index contributed by atoms with van der Waals surface area (Å²) in [6.07, 6.45) is 3.39. The zero-order valence-corrected chi connectivity index (χ0v) is 14.2. The SMILES string of the molecule is Cn1cc(S(=O)(=O)N2CCC(C(C)(C)C)CC2)cc1CO. The van der Waals surface area contributed by atoms with Gasteiger partial charge in [-0.05, 0) is 30.2 Å². The second-order valence-corrected chi connectivity index (χ2v) is 8.92. The van der Waals surface area contributed by atoms with E-state index in [-0.39, 0.29) is 16.9 Å². The van der Waals surface area contributed by atoms with Crippen molar-refractivity contribution in [2.75, 3.05) is 13.1 Å². The summed E-state index contributed by atoms with van der Waals surface area (Å²) in [5, 5.41) is 9.20. The van der Waals surface area contributed by atoms with Gasteiger partial charge in [0.1, 0.15) is 4.90 Å². The average Bonchev–Trinajstić information content (AvgIpc) is 2.80. The van der Waals surface area contributed by atoms with Crippen LogP contribution in [-0.4, -0.2) is 35.5 Å². The predicted octanol–water partition coefficient (Wildman–Crippen LogP) is 1.96. The van der Waals surface area contributed by atoms with Gasteiger partial charge >= 0.3 is 0 Å². The van der Waals surface area contributed by atoms with Crippen molar-refractivity contribution in [1.29, 1.82) is 0 Å². The first-order chi connectivity index (χ1) is 9.66. The summed E-state index contributed by atoms with van der Waals surface area (Å²) in [4.78, 5) is 0.281. The van der Waals surface area contributed by atoms with Crippen LogP contribution in [0.1, 0.15) is 39.3 Å². The fourth-order valence-electron chi connectivity index (χ4n) is 2.99. The van der Waals surface area contributed by atoms with Gasteiger partial charge < -0.3 is 9.67 Å². The van der Waals surface area contributed by atoms with Crippen molar-refractivity contribution in [2.24, 2.45) is 18.4 Å². The normalized spacial score (nSPS) is 19.1. The maximum Gasteiger partial charge on any atom is 0.244 e. The van der Waals surface area contributed by atoms with Crippen molar-refractivity contribution in [3.8, 4) is 0 Å². The standard InChI is InChI=1S/C15H26N2O3S/c1-15(2,3)12-5-7-17(8-6-12)21(19,20)14-9-13(11-18)16(4)10-14/h9-10,12,18H,5-8,11H2,1-4H3. The number of aliphatic hydroxyl groups is 1. The molecule has 0 radical (unpaired) electrons. The molecule has 0 saturated carbocycles. The number of hydrogen-bond donors (Lipinski definition) is 1. The maximum atomic E-state index is 12.7. The number of aryl methyl sites for hydroxylation is 1. The van der Waals surface area contributed by atoms with Crippen LogP contribution in [-0.2, 0) is 23.7 Å². The third-order valence-electron chi connectivity index (χ3n) is 4.56. The molecular formula is C15H26N2O3S. The van der Waals surface area contributed by atoms with Crippen LogP contribution in [0, 0.1) is 11.3 Å². The number of nitrogens with zero attached hydrogens (tertiary/aromatic N) is 2. The lowest BCUT2D eigenvalue weighted by molar-refractivity contribution is 0.154. The number of hydrogen-bond acceptors (Lipinski definition) is 3. The zero-order chi connectivity index (χ0) is 15.8. The van der Waals surface area contributed by atoms with E-state index in [1.54, 1.807) is 28.2 Å². The lowest BCUT2D eigenvalue weighted by atomic mass is 9.76. The molecule has 1 N–H and O–H groups in total. The van der Waals surface area contributed by atoms with Crippen molar-refractivity contribution in [2.45, 2.75) is 45.1 Å². The zero-order valence-electron chi connectivity index (χ0n) is 13.3. The molecule has 0 bridgehead atoms. The van der Waals surface area contributed by atoms with E-state index in [1.807, 2.05) is 0 Å². The summed E-state index contributed by atoms with van der Waals surface area (Å²) >= 11 is 0. The summed E-state index contributed by atoms with van der Waals surface area (Å²) in [6, 6.07) is 1.56. The van der Waals surface area contributed by atoms with Crippen LogP contribution in [0.3, 0.4) is 0 Å². The van der Waals surface area contributed by atoms with Gasteiger partial charge in [-0.25, -0.2) is 8.42 Å². The van der Waals surface area contributed by atoms with Crippen LogP contribution < -0.4 is 0 Å². The Morgan fingerprint density at radius 3 is 2.29 bits per heavy atom. The summed E-state index contributed by atoms with van der Waals surface area (Å²) in [7, 11) is -1.69. The van der Waals surface area contributed by atoms with E-state index < -0.39 is 10.0 Å². The van der Waals surface area contributed by atoms with E-state index in [1.165, 1.54) is 0 Å². The Kier molecular flexibility index (Phi) is 4.52. The lowest BCUT2D eigenvalue weighted by Gasteiger charge is -2.38. The predicted molar refractivity (Wildman–Crippen MR) is 82.3 cm³/mol. The Bertz CT molecular complexity index is 591. The molecule has 1 saturated heterocycles. The molecular weight excluding hydrogens is 288 g/mol. The number of piperidine rings is 1. The van der Waals surface area contributed by atoms with Crippen LogP contribution >= 0.6 is 0 Å². The Hall–Kier alpha value is -0.850. The topological polar surface area (TPSA) is 62.5 Å². The Balaban J connectivity index is 2.15. The number of rotatable bonds is 3. The van der Waals surface area contributed by atoms with Crippen molar-refractivity contribution in [3.05, 3.63) is 18.0 Å². The molecule has 0 aromatic carbocycles. The van der Waals surface area contributed by atoms with Gasteiger partial charge in [-0.15, -0.1) is 0 Å². The van der Waals surface area contributed by atoms with Crippen molar-refractivity contribution in [1.82, 2.24) is 8.87 Å². The van der Waals surface area contributed by atoms with Crippen molar-refractivity contribution >= 4 is 10.0 Å². The summed E-state index contributed by atoms with van der Waals surface area (Å²) in [5.41, 5.74) is 0.838. The first-order valence-electron chi connectivity index (χ1n) is 7.42. The minimum atomic E-state index is -3.44. The first kappa shape index (κ1) is 16.5. The van der Waals surface area contributed by atoms with Gasteiger partial charge in [0.2, 0.25) is 10.0 Å². The largest absolute Gasteiger partial charge is 0.390 e. The van der Waals surface area contributed by atoms with Crippen LogP contribution in [0.5, 0.6) is 0 Å². The average molecular weight is 314 g/mol. The fourth-order valence-corrected chi connectivity index (χ4v) is 4.55. The molecule has 1 aromatic rings. The molecule has 0 unspecified atom stereocenters. The number of sulfonamides is 1. The molecule has 0 atom stereocenters. The second-order valence-electron chi connectivity index (χ2n) is 6.98. The molecule has 5 nitrogen and oxygen atoms in total. The van der Waals surface area contributed by atoms with Crippen molar-refractivity contribution in [3.63, 3.8) is 0 Å². The van der Waals surface area contributed by atoms with Crippen LogP contribution in [0.15, 0.2) is 17.2 Å². The van der Waals surface area contributed by atoms with E-state index >= 15 is 0 Å². The minimum absolute atomic E-state index is 0.155. The molecule has 0 aliphatic carbocycles. The Morgan fingerprint density at radius 2 is 1.86 bits per heavy atom. The summed E-state index contributed by atoms with van der Waals surface area (Å²) < 4.78 is 28.5. The quantitative estimate of drug-likeness (QED) is 0.928. The van der Waals surface area contributed by atoms with E-state index in [0.29, 0.717) is 24.7 Å². The smallest absolute Gasteiger partial charge is 0.244 e. The maximum absolute atomic E-state index is 12.7. The van der Waals surface area contributed by atoms with Crippen molar-refractivity contribution < 1.29 is 13.5 Å². The highest BCUT2D eigenvalue weighted by atomic mass is 32.2. The van der Waals surface area contributed by atoms with Gasteiger partial charge in [0.25, 0.3) is 0 Å². The van der Waals surface area contributed by atoms with Gasteiger partial charge in [0.15, 0.2) is 0 Å². The van der Waals surface area contributed by atoms with Crippen LogP contribution in [0.2, 0.25) is 0 Å². The minimum Gasteiger partial charge on any atom is -0.390 e. The molecule has 0 spiro atoms. The molecule has 1 aromatic heterocycles. The Labute approximate surface area is 127 Å².